The van der Waals surface area contributed by atoms with Gasteiger partial charge in [-0.05, 0) is 30.3 Å². The molecule has 10 heteroatoms. The Bertz CT molecular complexity index is 1310. The first-order valence-corrected chi connectivity index (χ1v) is 9.20. The highest BCUT2D eigenvalue weighted by atomic mass is 19.1. The molecule has 0 amide bonds. The summed E-state index contributed by atoms with van der Waals surface area (Å²) in [5.41, 5.74) is 0.521. The van der Waals surface area contributed by atoms with Crippen LogP contribution in [-0.2, 0) is 0 Å². The third-order valence-electron chi connectivity index (χ3n) is 5.32. The molecule has 7 nitrogen and oxygen atoms in total. The van der Waals surface area contributed by atoms with Crippen LogP contribution < -0.4 is 4.90 Å². The molecule has 1 aliphatic heterocycles. The lowest BCUT2D eigenvalue weighted by molar-refractivity contribution is -0.383. The number of hydrogen-bond acceptors (Lipinski definition) is 5. The summed E-state index contributed by atoms with van der Waals surface area (Å²) in [4.78, 5) is 17.0. The van der Waals surface area contributed by atoms with Crippen molar-refractivity contribution in [1.82, 2.24) is 14.6 Å². The number of non-ortho nitro benzene ring substituents is 1. The lowest BCUT2D eigenvalue weighted by Gasteiger charge is -2.26. The Labute approximate surface area is 167 Å². The predicted octanol–water partition coefficient (Wildman–Crippen LogP) is 4.36. The third kappa shape index (κ3) is 2.83. The summed E-state index contributed by atoms with van der Waals surface area (Å²) in [6.45, 7) is -0.0576. The highest BCUT2D eigenvalue weighted by molar-refractivity contribution is 5.99. The fourth-order valence-corrected chi connectivity index (χ4v) is 4.03. The van der Waals surface area contributed by atoms with E-state index in [0.717, 1.165) is 18.2 Å². The highest BCUT2D eigenvalue weighted by Crippen LogP contribution is 2.39. The van der Waals surface area contributed by atoms with Gasteiger partial charge in [0.2, 0.25) is 0 Å². The number of nitro benzene ring substituents is 1. The Balaban J connectivity index is 1.67. The summed E-state index contributed by atoms with van der Waals surface area (Å²) in [5, 5.41) is 16.0. The Morgan fingerprint density at radius 3 is 2.80 bits per heavy atom. The maximum atomic E-state index is 14.4. The summed E-state index contributed by atoms with van der Waals surface area (Å²) >= 11 is 0. The number of halogens is 3. The van der Waals surface area contributed by atoms with E-state index in [-0.39, 0.29) is 35.2 Å². The van der Waals surface area contributed by atoms with Crippen LogP contribution in [0.3, 0.4) is 0 Å². The van der Waals surface area contributed by atoms with Gasteiger partial charge in [-0.1, -0.05) is 6.07 Å². The zero-order chi connectivity index (χ0) is 21.0. The molecule has 30 heavy (non-hydrogen) atoms. The summed E-state index contributed by atoms with van der Waals surface area (Å²) in [7, 11) is 0. The minimum Gasteiger partial charge on any atom is -0.346 e. The van der Waals surface area contributed by atoms with E-state index < -0.39 is 28.8 Å². The maximum Gasteiger partial charge on any atom is 0.282 e. The monoisotopic (exact) mass is 413 g/mol. The first-order valence-electron chi connectivity index (χ1n) is 9.20. The van der Waals surface area contributed by atoms with Gasteiger partial charge in [-0.25, -0.2) is 22.7 Å². The second-order valence-corrected chi connectivity index (χ2v) is 7.15. The number of anilines is 1. The van der Waals surface area contributed by atoms with Gasteiger partial charge >= 0.3 is 0 Å². The quantitative estimate of drug-likeness (QED) is 0.369. The van der Waals surface area contributed by atoms with Crippen LogP contribution in [0.15, 0.2) is 48.7 Å². The summed E-state index contributed by atoms with van der Waals surface area (Å²) in [5.74, 6) is -0.947. The lowest BCUT2D eigenvalue weighted by atomic mass is 10.0. The molecule has 0 saturated carbocycles. The zero-order valence-corrected chi connectivity index (χ0v) is 15.4. The van der Waals surface area contributed by atoms with Crippen molar-refractivity contribution in [3.63, 3.8) is 0 Å². The topological polar surface area (TPSA) is 76.6 Å². The molecular formula is C20H14F3N5O2. The minimum absolute atomic E-state index is 0.0204. The van der Waals surface area contributed by atoms with E-state index in [9.17, 15) is 23.3 Å². The van der Waals surface area contributed by atoms with Gasteiger partial charge in [-0.15, -0.1) is 0 Å². The largest absolute Gasteiger partial charge is 0.346 e. The van der Waals surface area contributed by atoms with Crippen molar-refractivity contribution in [2.45, 2.75) is 18.6 Å². The summed E-state index contributed by atoms with van der Waals surface area (Å²) in [6, 6.07) is 8.42. The van der Waals surface area contributed by atoms with Crippen LogP contribution >= 0.6 is 0 Å². The van der Waals surface area contributed by atoms with Gasteiger partial charge in [-0.2, -0.15) is 5.10 Å². The lowest BCUT2D eigenvalue weighted by Crippen LogP contribution is -2.25. The van der Waals surface area contributed by atoms with Crippen LogP contribution in [0.5, 0.6) is 0 Å². The van der Waals surface area contributed by atoms with Gasteiger partial charge in [0.05, 0.1) is 17.5 Å². The van der Waals surface area contributed by atoms with Crippen molar-refractivity contribution in [2.24, 2.45) is 0 Å². The number of nitro groups is 1. The molecule has 0 N–H and O–H groups in total. The molecule has 5 rings (SSSR count). The molecule has 0 aliphatic carbocycles. The number of fused-ring (bicyclic) bond motifs is 3. The van der Waals surface area contributed by atoms with Gasteiger partial charge in [-0.3, -0.25) is 10.1 Å². The first-order chi connectivity index (χ1) is 14.4. The molecule has 1 saturated heterocycles. The van der Waals surface area contributed by atoms with Crippen LogP contribution in [0.25, 0.3) is 16.6 Å². The van der Waals surface area contributed by atoms with E-state index in [2.05, 4.69) is 10.1 Å². The molecular weight excluding hydrogens is 399 g/mol. The van der Waals surface area contributed by atoms with E-state index in [4.69, 9.17) is 0 Å². The van der Waals surface area contributed by atoms with Crippen LogP contribution in [0, 0.1) is 21.7 Å². The number of alkyl halides is 1. The Morgan fingerprint density at radius 2 is 2.00 bits per heavy atom. The first kappa shape index (κ1) is 18.3. The normalized spacial score (nSPS) is 19.1. The van der Waals surface area contributed by atoms with Gasteiger partial charge in [0.15, 0.2) is 5.65 Å². The van der Waals surface area contributed by atoms with Crippen molar-refractivity contribution in [2.75, 3.05) is 11.4 Å². The van der Waals surface area contributed by atoms with Gasteiger partial charge in [0, 0.05) is 24.2 Å². The van der Waals surface area contributed by atoms with Crippen LogP contribution in [0.2, 0.25) is 0 Å². The van der Waals surface area contributed by atoms with E-state index in [1.54, 1.807) is 23.2 Å². The number of aromatic nitrogens is 3. The second-order valence-electron chi connectivity index (χ2n) is 7.15. The molecule has 1 fully saturated rings. The molecule has 0 unspecified atom stereocenters. The minimum atomic E-state index is -1.26. The van der Waals surface area contributed by atoms with Crippen LogP contribution in [0.1, 0.15) is 18.0 Å². The molecule has 1 aliphatic rings. The third-order valence-corrected chi connectivity index (χ3v) is 5.32. The van der Waals surface area contributed by atoms with Gasteiger partial charge in [0.1, 0.15) is 34.5 Å². The maximum absolute atomic E-state index is 14.4. The van der Waals surface area contributed by atoms with E-state index in [0.29, 0.717) is 11.3 Å². The smallest absolute Gasteiger partial charge is 0.282 e. The van der Waals surface area contributed by atoms with Crippen LogP contribution in [0.4, 0.5) is 24.7 Å². The highest BCUT2D eigenvalue weighted by Gasteiger charge is 2.36. The van der Waals surface area contributed by atoms with E-state index in [1.165, 1.54) is 16.6 Å². The Hall–Kier alpha value is -3.69. The van der Waals surface area contributed by atoms with Gasteiger partial charge < -0.3 is 4.90 Å². The number of hydrogen-bond donors (Lipinski definition) is 0. The molecule has 2 aromatic heterocycles. The molecule has 3 heterocycles. The number of benzene rings is 2. The number of rotatable bonds is 3. The van der Waals surface area contributed by atoms with Crippen molar-refractivity contribution in [1.29, 1.82) is 0 Å². The SMILES string of the molecule is O=[N+]([O-])c1cccc2nn3ccc(N4C[C@@H](F)C[C@@H]4c4cc(F)ccc4F)nc3c12. The zero-order valence-electron chi connectivity index (χ0n) is 15.4. The second kappa shape index (κ2) is 6.68. The predicted molar refractivity (Wildman–Crippen MR) is 103 cm³/mol. The summed E-state index contributed by atoms with van der Waals surface area (Å²) < 4.78 is 43.8. The van der Waals surface area contributed by atoms with E-state index >= 15 is 0 Å². The molecule has 0 radical (unpaired) electrons. The standard InChI is InChI=1S/C20H14F3N5O2/c21-11-4-5-14(23)13(8-11)17-9-12(22)10-26(17)18-6-7-27-20(24-18)19-15(25-27)2-1-3-16(19)28(29)30/h1-8,12,17H,9-10H2/t12-,17+/m0/s1. The van der Waals surface area contributed by atoms with Gasteiger partial charge in [0.25, 0.3) is 5.69 Å². The fraction of sp³-hybridized carbons (Fsp3) is 0.200. The molecule has 0 spiro atoms. The average molecular weight is 413 g/mol. The van der Waals surface area contributed by atoms with Crippen molar-refractivity contribution < 1.29 is 18.1 Å². The molecule has 4 aromatic rings. The van der Waals surface area contributed by atoms with Crippen molar-refractivity contribution in [3.8, 4) is 0 Å². The Kier molecular flexibility index (Phi) is 4.09. The average Bonchev–Trinajstić information content (AvgIpc) is 3.29. The molecule has 0 bridgehead atoms. The molecule has 2 atom stereocenters. The number of nitrogens with zero attached hydrogens (tertiary/aromatic N) is 5. The van der Waals surface area contributed by atoms with Crippen molar-refractivity contribution >= 4 is 28.1 Å². The summed E-state index contributed by atoms with van der Waals surface area (Å²) in [6.07, 6.45) is 0.283. The Morgan fingerprint density at radius 1 is 1.17 bits per heavy atom. The molecule has 2 aromatic carbocycles. The van der Waals surface area contributed by atoms with Crippen molar-refractivity contribution in [3.05, 3.63) is 76.0 Å². The fourth-order valence-electron chi connectivity index (χ4n) is 4.03. The molecule has 152 valence electrons. The van der Waals surface area contributed by atoms with E-state index in [1.807, 2.05) is 0 Å². The van der Waals surface area contributed by atoms with Crippen LogP contribution in [-0.4, -0.2) is 32.2 Å².